The summed E-state index contributed by atoms with van der Waals surface area (Å²) in [5.41, 5.74) is 5.46. The summed E-state index contributed by atoms with van der Waals surface area (Å²) >= 11 is 4.53. The number of sulfonamides is 1. The van der Waals surface area contributed by atoms with Gasteiger partial charge in [-0.05, 0) is 22.0 Å². The predicted octanol–water partition coefficient (Wildman–Crippen LogP) is 1.22. The molecule has 0 atom stereocenters. The van der Waals surface area contributed by atoms with Gasteiger partial charge in [-0.3, -0.25) is 0 Å². The second-order valence-electron chi connectivity index (χ2n) is 3.02. The minimum Gasteiger partial charge on any atom is -0.326 e. The van der Waals surface area contributed by atoms with Gasteiger partial charge in [0.05, 0.1) is 10.3 Å². The highest BCUT2D eigenvalue weighted by Gasteiger charge is 2.24. The molecule has 1 aromatic heterocycles. The largest absolute Gasteiger partial charge is 0.326 e. The number of thiophene rings is 1. The Morgan fingerprint density at radius 3 is 2.75 bits per heavy atom. The smallest absolute Gasteiger partial charge is 0.245 e. The molecule has 1 rings (SSSR count). The van der Waals surface area contributed by atoms with E-state index in [1.807, 2.05) is 0 Å². The van der Waals surface area contributed by atoms with Gasteiger partial charge < -0.3 is 5.73 Å². The van der Waals surface area contributed by atoms with Crippen LogP contribution in [0.4, 0.5) is 0 Å². The molecular weight excluding hydrogens is 312 g/mol. The zero-order valence-corrected chi connectivity index (χ0v) is 11.8. The van der Waals surface area contributed by atoms with E-state index in [1.54, 1.807) is 6.07 Å². The summed E-state index contributed by atoms with van der Waals surface area (Å²) in [6.45, 7) is 0.361. The standard InChI is InChI=1S/C9H11BrN2O2S2/c1-3-4-12(2)16(13,14)8-5-7(6-11)15-9(8)10/h1,5H,4,6,11H2,2H3. The number of nitrogens with zero attached hydrogens (tertiary/aromatic N) is 1. The maximum absolute atomic E-state index is 12.0. The van der Waals surface area contributed by atoms with Gasteiger partial charge in [-0.1, -0.05) is 5.92 Å². The molecule has 4 nitrogen and oxygen atoms in total. The van der Waals surface area contributed by atoms with Crippen LogP contribution in [0.1, 0.15) is 4.88 Å². The van der Waals surface area contributed by atoms with Crippen molar-refractivity contribution in [2.24, 2.45) is 5.73 Å². The van der Waals surface area contributed by atoms with Crippen molar-refractivity contribution in [2.75, 3.05) is 13.6 Å². The molecule has 0 aromatic carbocycles. The summed E-state index contributed by atoms with van der Waals surface area (Å²) in [5, 5.41) is 0. The van der Waals surface area contributed by atoms with E-state index in [9.17, 15) is 8.42 Å². The molecule has 0 fully saturated rings. The van der Waals surface area contributed by atoms with Gasteiger partial charge in [0.25, 0.3) is 0 Å². The highest BCUT2D eigenvalue weighted by atomic mass is 79.9. The maximum Gasteiger partial charge on any atom is 0.245 e. The highest BCUT2D eigenvalue weighted by molar-refractivity contribution is 9.11. The van der Waals surface area contributed by atoms with Gasteiger partial charge >= 0.3 is 0 Å². The van der Waals surface area contributed by atoms with E-state index in [0.29, 0.717) is 10.3 Å². The molecule has 0 saturated heterocycles. The molecule has 0 aliphatic heterocycles. The number of hydrogen-bond acceptors (Lipinski definition) is 4. The van der Waals surface area contributed by atoms with Crippen molar-refractivity contribution < 1.29 is 8.42 Å². The summed E-state index contributed by atoms with van der Waals surface area (Å²) in [4.78, 5) is 1.02. The van der Waals surface area contributed by atoms with Crippen LogP contribution in [-0.4, -0.2) is 26.3 Å². The minimum atomic E-state index is -3.52. The van der Waals surface area contributed by atoms with Crippen LogP contribution in [0.25, 0.3) is 0 Å². The number of rotatable bonds is 4. The SMILES string of the molecule is C#CCN(C)S(=O)(=O)c1cc(CN)sc1Br. The lowest BCUT2D eigenvalue weighted by Crippen LogP contribution is -2.27. The summed E-state index contributed by atoms with van der Waals surface area (Å²) in [5.74, 6) is 2.29. The molecule has 2 N–H and O–H groups in total. The lowest BCUT2D eigenvalue weighted by atomic mass is 10.5. The molecule has 0 unspecified atom stereocenters. The van der Waals surface area contributed by atoms with E-state index in [4.69, 9.17) is 12.2 Å². The van der Waals surface area contributed by atoms with Crippen LogP contribution in [0.5, 0.6) is 0 Å². The average Bonchev–Trinajstić information content (AvgIpc) is 2.60. The molecule has 1 aromatic rings. The number of nitrogens with two attached hydrogens (primary N) is 1. The summed E-state index contributed by atoms with van der Waals surface area (Å²) < 4.78 is 25.8. The third-order valence-corrected chi connectivity index (χ3v) is 5.99. The average molecular weight is 323 g/mol. The first-order chi connectivity index (χ1) is 7.43. The van der Waals surface area contributed by atoms with Gasteiger partial charge in [0.2, 0.25) is 10.0 Å². The predicted molar refractivity (Wildman–Crippen MR) is 68.6 cm³/mol. The zero-order chi connectivity index (χ0) is 12.3. The van der Waals surface area contributed by atoms with Gasteiger partial charge in [0.15, 0.2) is 0 Å². The normalized spacial score (nSPS) is 11.7. The molecule has 0 aliphatic rings. The van der Waals surface area contributed by atoms with Crippen LogP contribution in [-0.2, 0) is 16.6 Å². The molecule has 7 heteroatoms. The van der Waals surface area contributed by atoms with Crippen molar-refractivity contribution in [3.05, 3.63) is 14.7 Å². The van der Waals surface area contributed by atoms with Crippen molar-refractivity contribution in [1.82, 2.24) is 4.31 Å². The Kier molecular flexibility index (Phi) is 4.52. The molecule has 0 amide bonds. The Bertz CT molecular complexity index is 516. The third kappa shape index (κ3) is 2.64. The van der Waals surface area contributed by atoms with E-state index in [-0.39, 0.29) is 11.4 Å². The molecule has 0 aliphatic carbocycles. The van der Waals surface area contributed by atoms with Crippen LogP contribution in [0.3, 0.4) is 0 Å². The molecule has 16 heavy (non-hydrogen) atoms. The summed E-state index contributed by atoms with van der Waals surface area (Å²) in [6, 6.07) is 1.57. The van der Waals surface area contributed by atoms with Crippen LogP contribution in [0, 0.1) is 12.3 Å². The molecule has 0 saturated carbocycles. The van der Waals surface area contributed by atoms with Crippen LogP contribution >= 0.6 is 27.3 Å². The van der Waals surface area contributed by atoms with Gasteiger partial charge in [0.1, 0.15) is 4.90 Å². The highest BCUT2D eigenvalue weighted by Crippen LogP contribution is 2.32. The van der Waals surface area contributed by atoms with Crippen molar-refractivity contribution in [3.8, 4) is 12.3 Å². The Morgan fingerprint density at radius 1 is 1.69 bits per heavy atom. The molecule has 88 valence electrons. The van der Waals surface area contributed by atoms with E-state index >= 15 is 0 Å². The fourth-order valence-corrected chi connectivity index (χ4v) is 4.65. The number of hydrogen-bond donors (Lipinski definition) is 1. The van der Waals surface area contributed by atoms with E-state index in [2.05, 4.69) is 21.9 Å². The second kappa shape index (κ2) is 5.29. The van der Waals surface area contributed by atoms with Crippen LogP contribution in [0.15, 0.2) is 14.7 Å². The quantitative estimate of drug-likeness (QED) is 0.848. The first-order valence-electron chi connectivity index (χ1n) is 4.31. The molecule has 0 spiro atoms. The van der Waals surface area contributed by atoms with Gasteiger partial charge in [-0.15, -0.1) is 17.8 Å². The van der Waals surface area contributed by atoms with E-state index < -0.39 is 10.0 Å². The minimum absolute atomic E-state index is 0.0442. The van der Waals surface area contributed by atoms with Crippen LogP contribution < -0.4 is 5.73 Å². The fraction of sp³-hybridized carbons (Fsp3) is 0.333. The second-order valence-corrected chi connectivity index (χ2v) is 7.49. The van der Waals surface area contributed by atoms with Crippen molar-refractivity contribution in [2.45, 2.75) is 11.4 Å². The monoisotopic (exact) mass is 322 g/mol. The lowest BCUT2D eigenvalue weighted by Gasteiger charge is -2.13. The zero-order valence-electron chi connectivity index (χ0n) is 8.60. The topological polar surface area (TPSA) is 63.4 Å². The van der Waals surface area contributed by atoms with Crippen molar-refractivity contribution >= 4 is 37.3 Å². The Hall–Kier alpha value is -0.390. The number of halogens is 1. The molecule has 1 heterocycles. The first-order valence-corrected chi connectivity index (χ1v) is 7.36. The third-order valence-electron chi connectivity index (χ3n) is 1.91. The van der Waals surface area contributed by atoms with E-state index in [0.717, 1.165) is 9.18 Å². The molecule has 0 radical (unpaired) electrons. The summed E-state index contributed by atoms with van der Waals surface area (Å²) in [7, 11) is -2.08. The first kappa shape index (κ1) is 13.7. The van der Waals surface area contributed by atoms with E-state index in [1.165, 1.54) is 18.4 Å². The van der Waals surface area contributed by atoms with Crippen LogP contribution in [0.2, 0.25) is 0 Å². The lowest BCUT2D eigenvalue weighted by molar-refractivity contribution is 0.503. The Morgan fingerprint density at radius 2 is 2.31 bits per heavy atom. The van der Waals surface area contributed by atoms with Crippen molar-refractivity contribution in [3.63, 3.8) is 0 Å². The fourth-order valence-electron chi connectivity index (χ4n) is 1.06. The number of terminal acetylenes is 1. The summed E-state index contributed by atoms with van der Waals surface area (Å²) in [6.07, 6.45) is 5.09. The molecular formula is C9H11BrN2O2S2. The van der Waals surface area contributed by atoms with Crippen molar-refractivity contribution in [1.29, 1.82) is 0 Å². The Labute approximate surface area is 108 Å². The molecule has 0 bridgehead atoms. The van der Waals surface area contributed by atoms with Gasteiger partial charge in [-0.25, -0.2) is 8.42 Å². The maximum atomic E-state index is 12.0. The van der Waals surface area contributed by atoms with Gasteiger partial charge in [-0.2, -0.15) is 4.31 Å². The van der Waals surface area contributed by atoms with Gasteiger partial charge in [0, 0.05) is 18.5 Å². The Balaban J connectivity index is 3.17.